The Balaban J connectivity index is 1.31. The Kier molecular flexibility index (Phi) is 16.6. The second kappa shape index (κ2) is 22.1. The number of carbonyl (C=O) groups excluding carboxylic acids is 2. The first kappa shape index (κ1) is 39.9. The lowest BCUT2D eigenvalue weighted by Crippen LogP contribution is -2.47. The predicted octanol–water partition coefficient (Wildman–Crippen LogP) is 6.36. The van der Waals surface area contributed by atoms with Gasteiger partial charge in [-0.1, -0.05) is 121 Å². The van der Waals surface area contributed by atoms with Crippen molar-refractivity contribution in [3.8, 4) is 0 Å². The minimum absolute atomic E-state index is 0.0175. The number of rotatable bonds is 23. The standard InChI is InChI=1S/C43H50O10/c1-32(45)22-23-41(46)52-37-24-42(53-39(37)30-47-26-33-14-6-2-7-15-33)50-31-40(49-28-35-18-10-4-11-19-35)43(51-29-36-20-12-5-13-21-36)38(25-44)48-27-34-16-8-3-9-17-34/h2-21,37-40,42-44H,22-31H2,1H3/t37?,38?,39-,40?,42-,43?/m1/s1. The van der Waals surface area contributed by atoms with Crippen LogP contribution in [0.2, 0.25) is 0 Å². The van der Waals surface area contributed by atoms with Crippen LogP contribution in [0.5, 0.6) is 0 Å². The molecule has 6 atom stereocenters. The molecule has 10 nitrogen and oxygen atoms in total. The molecule has 4 unspecified atom stereocenters. The Morgan fingerprint density at radius 3 is 1.68 bits per heavy atom. The molecule has 10 heteroatoms. The van der Waals surface area contributed by atoms with Crippen LogP contribution in [-0.2, 0) is 69.2 Å². The molecule has 1 aliphatic rings. The van der Waals surface area contributed by atoms with E-state index in [1.54, 1.807) is 0 Å². The van der Waals surface area contributed by atoms with E-state index in [9.17, 15) is 14.7 Å². The van der Waals surface area contributed by atoms with Crippen molar-refractivity contribution in [3.63, 3.8) is 0 Å². The van der Waals surface area contributed by atoms with Crippen molar-refractivity contribution in [2.24, 2.45) is 0 Å². The van der Waals surface area contributed by atoms with Gasteiger partial charge in [0.1, 0.15) is 36.3 Å². The third kappa shape index (κ3) is 13.9. The van der Waals surface area contributed by atoms with Gasteiger partial charge >= 0.3 is 5.97 Å². The Labute approximate surface area is 311 Å². The van der Waals surface area contributed by atoms with E-state index in [-0.39, 0.29) is 64.7 Å². The highest BCUT2D eigenvalue weighted by Gasteiger charge is 2.40. The minimum Gasteiger partial charge on any atom is -0.459 e. The van der Waals surface area contributed by atoms with Crippen LogP contribution in [0, 0.1) is 0 Å². The molecule has 1 heterocycles. The van der Waals surface area contributed by atoms with Gasteiger partial charge < -0.3 is 43.1 Å². The topological polar surface area (TPSA) is 119 Å². The van der Waals surface area contributed by atoms with Gasteiger partial charge in [0.05, 0.1) is 52.7 Å². The summed E-state index contributed by atoms with van der Waals surface area (Å²) >= 11 is 0. The lowest BCUT2D eigenvalue weighted by molar-refractivity contribution is -0.205. The number of Topliss-reactive ketones (excluding diaryl/α,β-unsaturated/α-hetero) is 1. The summed E-state index contributed by atoms with van der Waals surface area (Å²) in [4.78, 5) is 24.2. The van der Waals surface area contributed by atoms with E-state index in [0.717, 1.165) is 22.3 Å². The second-order valence-electron chi connectivity index (χ2n) is 13.0. The van der Waals surface area contributed by atoms with Crippen LogP contribution in [-0.4, -0.2) is 73.5 Å². The number of ketones is 1. The average molecular weight is 727 g/mol. The maximum absolute atomic E-state index is 12.7. The zero-order chi connectivity index (χ0) is 37.1. The van der Waals surface area contributed by atoms with Gasteiger partial charge in [0.2, 0.25) is 0 Å². The summed E-state index contributed by atoms with van der Waals surface area (Å²) in [5, 5.41) is 10.7. The lowest BCUT2D eigenvalue weighted by Gasteiger charge is -2.33. The van der Waals surface area contributed by atoms with Crippen LogP contribution in [0.25, 0.3) is 0 Å². The summed E-state index contributed by atoms with van der Waals surface area (Å²) in [6.45, 7) is 2.43. The van der Waals surface area contributed by atoms with Crippen LogP contribution in [0.3, 0.4) is 0 Å². The fourth-order valence-corrected chi connectivity index (χ4v) is 5.90. The van der Waals surface area contributed by atoms with Crippen molar-refractivity contribution >= 4 is 11.8 Å². The highest BCUT2D eigenvalue weighted by molar-refractivity contribution is 5.81. The predicted molar refractivity (Wildman–Crippen MR) is 197 cm³/mol. The molecule has 0 spiro atoms. The molecule has 53 heavy (non-hydrogen) atoms. The fraction of sp³-hybridized carbons (Fsp3) is 0.395. The van der Waals surface area contributed by atoms with Gasteiger partial charge in [-0.3, -0.25) is 4.79 Å². The average Bonchev–Trinajstić information content (AvgIpc) is 3.57. The zero-order valence-electron chi connectivity index (χ0n) is 30.2. The smallest absolute Gasteiger partial charge is 0.306 e. The third-order valence-electron chi connectivity index (χ3n) is 8.78. The van der Waals surface area contributed by atoms with Crippen LogP contribution in [0.1, 0.15) is 48.4 Å². The molecule has 0 bridgehead atoms. The van der Waals surface area contributed by atoms with Gasteiger partial charge in [0.25, 0.3) is 0 Å². The number of benzene rings is 4. The Hall–Kier alpha value is -4.26. The van der Waals surface area contributed by atoms with Crippen LogP contribution < -0.4 is 0 Å². The van der Waals surface area contributed by atoms with Crippen LogP contribution in [0.4, 0.5) is 0 Å². The van der Waals surface area contributed by atoms with Crippen molar-refractivity contribution in [2.75, 3.05) is 19.8 Å². The third-order valence-corrected chi connectivity index (χ3v) is 8.78. The van der Waals surface area contributed by atoms with Gasteiger partial charge in [-0.05, 0) is 29.2 Å². The Bertz CT molecular complexity index is 1610. The van der Waals surface area contributed by atoms with E-state index in [2.05, 4.69) is 0 Å². The zero-order valence-corrected chi connectivity index (χ0v) is 30.2. The molecule has 0 radical (unpaired) electrons. The van der Waals surface area contributed by atoms with Crippen molar-refractivity contribution in [1.82, 2.24) is 0 Å². The van der Waals surface area contributed by atoms with Gasteiger partial charge in [-0.25, -0.2) is 0 Å². The van der Waals surface area contributed by atoms with Crippen LogP contribution in [0.15, 0.2) is 121 Å². The number of carbonyl (C=O) groups is 2. The highest BCUT2D eigenvalue weighted by Crippen LogP contribution is 2.27. The second-order valence-corrected chi connectivity index (χ2v) is 13.0. The minimum atomic E-state index is -0.763. The summed E-state index contributed by atoms with van der Waals surface area (Å²) in [6.07, 6.45) is -3.90. The molecule has 1 aliphatic heterocycles. The quantitative estimate of drug-likeness (QED) is 0.0865. The number of hydrogen-bond acceptors (Lipinski definition) is 10. The van der Waals surface area contributed by atoms with Gasteiger partial charge in [-0.2, -0.15) is 0 Å². The number of aliphatic hydroxyl groups excluding tert-OH is 1. The number of aliphatic hydroxyl groups is 1. The van der Waals surface area contributed by atoms with E-state index in [4.69, 9.17) is 33.2 Å². The normalized spacial score (nSPS) is 18.6. The molecule has 0 aliphatic carbocycles. The Morgan fingerprint density at radius 1 is 0.679 bits per heavy atom. The van der Waals surface area contributed by atoms with E-state index in [1.165, 1.54) is 6.92 Å². The van der Waals surface area contributed by atoms with Gasteiger partial charge in [-0.15, -0.1) is 0 Å². The first-order valence-electron chi connectivity index (χ1n) is 18.1. The maximum atomic E-state index is 12.7. The van der Waals surface area contributed by atoms with Gasteiger partial charge in [0, 0.05) is 12.8 Å². The molecule has 1 saturated heterocycles. The molecule has 282 valence electrons. The number of esters is 1. The fourth-order valence-electron chi connectivity index (χ4n) is 5.90. The molecule has 5 rings (SSSR count). The SMILES string of the molecule is CC(=O)CCC(=O)OC1C[C@H](OCC(OCc2ccccc2)C(OCc2ccccc2)C(CO)OCc2ccccc2)O[C@@H]1COCc1ccccc1. The summed E-state index contributed by atoms with van der Waals surface area (Å²) in [7, 11) is 0. The highest BCUT2D eigenvalue weighted by atomic mass is 16.7. The maximum Gasteiger partial charge on any atom is 0.306 e. The molecule has 1 N–H and O–H groups in total. The summed E-state index contributed by atoms with van der Waals surface area (Å²) < 4.78 is 43.8. The molecule has 0 saturated carbocycles. The number of ether oxygens (including phenoxy) is 7. The van der Waals surface area contributed by atoms with Gasteiger partial charge in [0.15, 0.2) is 6.29 Å². The first-order valence-corrected chi connectivity index (χ1v) is 18.1. The summed E-state index contributed by atoms with van der Waals surface area (Å²) in [5.41, 5.74) is 3.86. The molecular weight excluding hydrogens is 676 g/mol. The Morgan fingerprint density at radius 2 is 1.17 bits per heavy atom. The van der Waals surface area contributed by atoms with E-state index < -0.39 is 42.8 Å². The lowest BCUT2D eigenvalue weighted by atomic mass is 10.1. The molecule has 1 fully saturated rings. The molecule has 4 aromatic rings. The van der Waals surface area contributed by atoms with Crippen molar-refractivity contribution < 1.29 is 47.9 Å². The van der Waals surface area contributed by atoms with Crippen molar-refractivity contribution in [3.05, 3.63) is 144 Å². The van der Waals surface area contributed by atoms with Crippen molar-refractivity contribution in [1.29, 1.82) is 0 Å². The van der Waals surface area contributed by atoms with E-state index in [1.807, 2.05) is 121 Å². The largest absolute Gasteiger partial charge is 0.459 e. The van der Waals surface area contributed by atoms with Crippen molar-refractivity contribution in [2.45, 2.75) is 89.4 Å². The first-order chi connectivity index (χ1) is 26.0. The summed E-state index contributed by atoms with van der Waals surface area (Å²) in [5.74, 6) is -0.574. The van der Waals surface area contributed by atoms with Crippen LogP contribution >= 0.6 is 0 Å². The molecular formula is C43H50O10. The van der Waals surface area contributed by atoms with E-state index >= 15 is 0 Å². The monoisotopic (exact) mass is 726 g/mol. The van der Waals surface area contributed by atoms with E-state index in [0.29, 0.717) is 6.61 Å². The molecule has 0 aromatic heterocycles. The number of hydrogen-bond donors (Lipinski definition) is 1. The summed E-state index contributed by atoms with van der Waals surface area (Å²) in [6, 6.07) is 39.0. The molecule has 4 aromatic carbocycles. The molecule has 0 amide bonds.